The molecule has 2 aromatic carbocycles. The lowest BCUT2D eigenvalue weighted by Crippen LogP contribution is -2.43. The second-order valence-corrected chi connectivity index (χ2v) is 7.45. The van der Waals surface area contributed by atoms with Crippen molar-refractivity contribution in [3.8, 4) is 5.75 Å². The van der Waals surface area contributed by atoms with Gasteiger partial charge in [-0.2, -0.15) is 0 Å². The van der Waals surface area contributed by atoms with Gasteiger partial charge in [-0.25, -0.2) is 0 Å². The summed E-state index contributed by atoms with van der Waals surface area (Å²) >= 11 is 6.23. The summed E-state index contributed by atoms with van der Waals surface area (Å²) in [6.45, 7) is 7.09. The molecule has 0 aliphatic carbocycles. The van der Waals surface area contributed by atoms with Crippen molar-refractivity contribution in [1.29, 1.82) is 0 Å². The highest BCUT2D eigenvalue weighted by Gasteiger charge is 2.22. The molecule has 0 radical (unpaired) electrons. The van der Waals surface area contributed by atoms with E-state index >= 15 is 0 Å². The summed E-state index contributed by atoms with van der Waals surface area (Å²) in [6, 6.07) is 15.9. The van der Waals surface area contributed by atoms with E-state index in [0.717, 1.165) is 18.5 Å². The number of anilines is 1. The van der Waals surface area contributed by atoms with Crippen molar-refractivity contribution in [1.82, 2.24) is 5.32 Å². The van der Waals surface area contributed by atoms with Crippen LogP contribution in [0.1, 0.15) is 32.8 Å². The maximum Gasteiger partial charge on any atom is 0.257 e. The number of nitrogens with zero attached hydrogens (tertiary/aromatic N) is 1. The SMILES string of the molecule is CCCOC(C)N(c1cccc(Cl)c1)C(C)Cc1ccc(OCC(=O)NC)cc1.Cl.Cl. The summed E-state index contributed by atoms with van der Waals surface area (Å²) in [5.74, 6) is 0.525. The first kappa shape index (κ1) is 29.3. The summed E-state index contributed by atoms with van der Waals surface area (Å²) in [6.07, 6.45) is 1.74. The first-order valence-corrected chi connectivity index (χ1v) is 10.4. The second kappa shape index (κ2) is 15.2. The lowest BCUT2D eigenvalue weighted by Gasteiger charge is -2.36. The third-order valence-electron chi connectivity index (χ3n) is 4.64. The minimum Gasteiger partial charge on any atom is -0.484 e. The number of halogens is 3. The quantitative estimate of drug-likeness (QED) is 0.421. The Morgan fingerprint density at radius 3 is 2.39 bits per heavy atom. The van der Waals surface area contributed by atoms with Crippen LogP contribution in [0.4, 0.5) is 5.69 Å². The molecule has 0 bridgehead atoms. The average molecular weight is 492 g/mol. The minimum absolute atomic E-state index is 0. The van der Waals surface area contributed by atoms with Crippen LogP contribution in [-0.2, 0) is 16.0 Å². The molecule has 2 aromatic rings. The Hall–Kier alpha value is -1.66. The lowest BCUT2D eigenvalue weighted by molar-refractivity contribution is -0.122. The third kappa shape index (κ3) is 9.56. The molecule has 0 aliphatic heterocycles. The molecule has 8 heteroatoms. The molecule has 2 unspecified atom stereocenters. The van der Waals surface area contributed by atoms with Crippen LogP contribution < -0.4 is 15.0 Å². The van der Waals surface area contributed by atoms with Crippen molar-refractivity contribution in [2.24, 2.45) is 0 Å². The summed E-state index contributed by atoms with van der Waals surface area (Å²) in [7, 11) is 1.59. The van der Waals surface area contributed by atoms with Gasteiger partial charge in [0.05, 0.1) is 0 Å². The van der Waals surface area contributed by atoms with Gasteiger partial charge < -0.3 is 19.7 Å². The standard InChI is InChI=1S/C23H31ClN2O3.2ClH/c1-5-13-28-18(3)26(21-8-6-7-20(24)15-21)17(2)14-19-9-11-22(12-10-19)29-16-23(27)25-4;;/h6-12,15,17-18H,5,13-14,16H2,1-4H3,(H,25,27);2*1H. The maximum atomic E-state index is 11.3. The van der Waals surface area contributed by atoms with Gasteiger partial charge in [0.1, 0.15) is 12.0 Å². The lowest BCUT2D eigenvalue weighted by atomic mass is 10.0. The van der Waals surface area contributed by atoms with Crippen LogP contribution in [0.2, 0.25) is 5.02 Å². The number of benzene rings is 2. The highest BCUT2D eigenvalue weighted by atomic mass is 35.5. The average Bonchev–Trinajstić information content (AvgIpc) is 2.71. The third-order valence-corrected chi connectivity index (χ3v) is 4.87. The summed E-state index contributed by atoms with van der Waals surface area (Å²) < 4.78 is 11.5. The van der Waals surface area contributed by atoms with Crippen molar-refractivity contribution in [3.63, 3.8) is 0 Å². The highest BCUT2D eigenvalue weighted by molar-refractivity contribution is 6.30. The number of hydrogen-bond acceptors (Lipinski definition) is 4. The van der Waals surface area contributed by atoms with Crippen LogP contribution in [-0.4, -0.2) is 38.4 Å². The Balaban J connectivity index is 0.00000450. The Morgan fingerprint density at radius 2 is 1.81 bits per heavy atom. The van der Waals surface area contributed by atoms with E-state index in [1.165, 1.54) is 5.56 Å². The fraction of sp³-hybridized carbons (Fsp3) is 0.435. The largest absolute Gasteiger partial charge is 0.484 e. The van der Waals surface area contributed by atoms with Crippen LogP contribution in [0.3, 0.4) is 0 Å². The molecule has 2 rings (SSSR count). The van der Waals surface area contributed by atoms with Gasteiger partial charge in [-0.3, -0.25) is 4.79 Å². The van der Waals surface area contributed by atoms with Crippen LogP contribution in [0.5, 0.6) is 5.75 Å². The molecular weight excluding hydrogens is 459 g/mol. The van der Waals surface area contributed by atoms with Gasteiger partial charge in [0, 0.05) is 30.4 Å². The Labute approximate surface area is 203 Å². The van der Waals surface area contributed by atoms with Gasteiger partial charge >= 0.3 is 0 Å². The van der Waals surface area contributed by atoms with Crippen molar-refractivity contribution >= 4 is 48.0 Å². The molecule has 0 aromatic heterocycles. The van der Waals surface area contributed by atoms with Gasteiger partial charge in [-0.15, -0.1) is 24.8 Å². The zero-order valence-electron chi connectivity index (χ0n) is 18.5. The normalized spacial score (nSPS) is 12.0. The molecule has 31 heavy (non-hydrogen) atoms. The number of carbonyl (C=O) groups excluding carboxylic acids is 1. The van der Waals surface area contributed by atoms with E-state index in [1.54, 1.807) is 7.05 Å². The first-order valence-electron chi connectivity index (χ1n) is 10.0. The Morgan fingerprint density at radius 1 is 1.13 bits per heavy atom. The monoisotopic (exact) mass is 490 g/mol. The number of likely N-dealkylation sites (N-methyl/N-ethyl adjacent to an activating group) is 1. The topological polar surface area (TPSA) is 50.8 Å². The van der Waals surface area contributed by atoms with Crippen molar-refractivity contribution in [3.05, 3.63) is 59.1 Å². The molecular formula is C23H33Cl3N2O3. The van der Waals surface area contributed by atoms with E-state index in [0.29, 0.717) is 17.4 Å². The number of amides is 1. The van der Waals surface area contributed by atoms with E-state index in [1.807, 2.05) is 42.5 Å². The van der Waals surface area contributed by atoms with E-state index in [-0.39, 0.29) is 49.6 Å². The van der Waals surface area contributed by atoms with Gasteiger partial charge in [-0.05, 0) is 62.6 Å². The van der Waals surface area contributed by atoms with Crippen LogP contribution in [0, 0.1) is 0 Å². The van der Waals surface area contributed by atoms with E-state index in [2.05, 4.69) is 37.1 Å². The molecule has 0 heterocycles. The van der Waals surface area contributed by atoms with Gasteiger partial charge in [0.2, 0.25) is 0 Å². The number of ether oxygens (including phenoxy) is 2. The molecule has 2 atom stereocenters. The summed E-state index contributed by atoms with van der Waals surface area (Å²) in [4.78, 5) is 13.6. The van der Waals surface area contributed by atoms with E-state index in [9.17, 15) is 4.79 Å². The molecule has 0 aliphatic rings. The Kier molecular flexibility index (Phi) is 14.4. The van der Waals surface area contributed by atoms with Crippen molar-refractivity contribution in [2.75, 3.05) is 25.2 Å². The second-order valence-electron chi connectivity index (χ2n) is 7.02. The zero-order chi connectivity index (χ0) is 21.2. The van der Waals surface area contributed by atoms with Gasteiger partial charge in [0.25, 0.3) is 5.91 Å². The van der Waals surface area contributed by atoms with E-state index in [4.69, 9.17) is 21.1 Å². The molecule has 0 spiro atoms. The minimum atomic E-state index is -0.152. The van der Waals surface area contributed by atoms with Crippen LogP contribution in [0.25, 0.3) is 0 Å². The van der Waals surface area contributed by atoms with Gasteiger partial charge in [-0.1, -0.05) is 36.7 Å². The molecule has 0 saturated carbocycles. The molecule has 174 valence electrons. The molecule has 5 nitrogen and oxygen atoms in total. The van der Waals surface area contributed by atoms with Crippen LogP contribution in [0.15, 0.2) is 48.5 Å². The molecule has 1 N–H and O–H groups in total. The zero-order valence-corrected chi connectivity index (χ0v) is 20.9. The summed E-state index contributed by atoms with van der Waals surface area (Å²) in [5, 5.41) is 3.25. The van der Waals surface area contributed by atoms with Crippen LogP contribution >= 0.6 is 36.4 Å². The molecule has 1 amide bonds. The Bertz CT molecular complexity index is 775. The predicted octanol–water partition coefficient (Wildman–Crippen LogP) is 5.52. The smallest absolute Gasteiger partial charge is 0.257 e. The number of carbonyl (C=O) groups is 1. The number of nitrogens with one attached hydrogen (secondary N) is 1. The fourth-order valence-electron chi connectivity index (χ4n) is 3.21. The van der Waals surface area contributed by atoms with E-state index < -0.39 is 0 Å². The number of hydrogen-bond donors (Lipinski definition) is 1. The predicted molar refractivity (Wildman–Crippen MR) is 133 cm³/mol. The van der Waals surface area contributed by atoms with Gasteiger partial charge in [0.15, 0.2) is 6.61 Å². The molecule has 0 saturated heterocycles. The molecule has 0 fully saturated rings. The number of rotatable bonds is 11. The van der Waals surface area contributed by atoms with Crippen molar-refractivity contribution < 1.29 is 14.3 Å². The summed E-state index contributed by atoms with van der Waals surface area (Å²) in [5.41, 5.74) is 2.22. The fourth-order valence-corrected chi connectivity index (χ4v) is 3.40. The van der Waals surface area contributed by atoms with Crippen molar-refractivity contribution in [2.45, 2.75) is 45.9 Å². The highest BCUT2D eigenvalue weighted by Crippen LogP contribution is 2.26. The maximum absolute atomic E-state index is 11.3. The first-order chi connectivity index (χ1) is 13.9.